The van der Waals surface area contributed by atoms with Crippen LogP contribution in [0.15, 0.2) is 18.2 Å². The fourth-order valence-electron chi connectivity index (χ4n) is 1.67. The van der Waals surface area contributed by atoms with Crippen molar-refractivity contribution in [1.82, 2.24) is 0 Å². The molecule has 0 bridgehead atoms. The lowest BCUT2D eigenvalue weighted by molar-refractivity contribution is -0.0103. The molecule has 1 atom stereocenters. The molecule has 0 aliphatic carbocycles. The van der Waals surface area contributed by atoms with Crippen molar-refractivity contribution in [2.24, 2.45) is 5.73 Å². The van der Waals surface area contributed by atoms with Crippen LogP contribution in [0.5, 0.6) is 0 Å². The molecule has 0 aliphatic rings. The quantitative estimate of drug-likeness (QED) is 0.851. The van der Waals surface area contributed by atoms with Gasteiger partial charge < -0.3 is 10.5 Å². The molecule has 0 amide bonds. The Morgan fingerprint density at radius 3 is 2.38 bits per heavy atom. The minimum atomic E-state index is -0.129. The number of hydrogen-bond donors (Lipinski definition) is 1. The second-order valence-corrected chi connectivity index (χ2v) is 5.39. The summed E-state index contributed by atoms with van der Waals surface area (Å²) in [5.41, 5.74) is 9.68. The van der Waals surface area contributed by atoms with Gasteiger partial charge in [0, 0.05) is 0 Å². The van der Waals surface area contributed by atoms with Gasteiger partial charge in [0.1, 0.15) is 0 Å². The first-order valence-electron chi connectivity index (χ1n) is 5.76. The van der Waals surface area contributed by atoms with E-state index in [4.69, 9.17) is 10.5 Å². The Hall–Kier alpha value is -0.860. The maximum Gasteiger partial charge on any atom is 0.0666 e. The van der Waals surface area contributed by atoms with Gasteiger partial charge in [-0.2, -0.15) is 0 Å². The number of rotatable bonds is 3. The topological polar surface area (TPSA) is 35.2 Å². The molecular formula is C14H23NO. The van der Waals surface area contributed by atoms with Crippen LogP contribution in [0.4, 0.5) is 0 Å². The number of ether oxygens (including phenoxy) is 1. The Morgan fingerprint density at radius 1 is 1.25 bits per heavy atom. The van der Waals surface area contributed by atoms with Gasteiger partial charge in [0.05, 0.1) is 18.2 Å². The summed E-state index contributed by atoms with van der Waals surface area (Å²) >= 11 is 0. The lowest BCUT2D eigenvalue weighted by Crippen LogP contribution is -2.26. The number of hydrogen-bond acceptors (Lipinski definition) is 2. The van der Waals surface area contributed by atoms with Gasteiger partial charge in [-0.1, -0.05) is 23.8 Å². The van der Waals surface area contributed by atoms with Gasteiger partial charge in [0.2, 0.25) is 0 Å². The van der Waals surface area contributed by atoms with Gasteiger partial charge in [0.15, 0.2) is 0 Å². The van der Waals surface area contributed by atoms with Crippen LogP contribution in [0, 0.1) is 13.8 Å². The van der Waals surface area contributed by atoms with E-state index >= 15 is 0 Å². The summed E-state index contributed by atoms with van der Waals surface area (Å²) in [4.78, 5) is 0. The van der Waals surface area contributed by atoms with E-state index < -0.39 is 0 Å². The smallest absolute Gasteiger partial charge is 0.0666 e. The van der Waals surface area contributed by atoms with E-state index in [0.717, 1.165) is 0 Å². The number of nitrogens with two attached hydrogens (primary N) is 1. The molecule has 1 unspecified atom stereocenters. The van der Waals surface area contributed by atoms with Crippen molar-refractivity contribution in [1.29, 1.82) is 0 Å². The molecule has 0 saturated carbocycles. The van der Waals surface area contributed by atoms with E-state index in [2.05, 4.69) is 32.0 Å². The van der Waals surface area contributed by atoms with Crippen LogP contribution in [0.25, 0.3) is 0 Å². The third-order valence-corrected chi connectivity index (χ3v) is 2.52. The van der Waals surface area contributed by atoms with Crippen molar-refractivity contribution in [2.45, 2.75) is 46.3 Å². The molecule has 0 saturated heterocycles. The van der Waals surface area contributed by atoms with E-state index in [0.29, 0.717) is 6.61 Å². The summed E-state index contributed by atoms with van der Waals surface area (Å²) in [6, 6.07) is 6.31. The molecule has 1 rings (SSSR count). The SMILES string of the molecule is Cc1ccc(C(N)COC(C)(C)C)c(C)c1. The fraction of sp³-hybridized carbons (Fsp3) is 0.571. The lowest BCUT2D eigenvalue weighted by Gasteiger charge is -2.23. The zero-order valence-electron chi connectivity index (χ0n) is 11.0. The third kappa shape index (κ3) is 3.95. The van der Waals surface area contributed by atoms with Crippen LogP contribution < -0.4 is 5.73 Å². The van der Waals surface area contributed by atoms with Crippen LogP contribution in [-0.4, -0.2) is 12.2 Å². The largest absolute Gasteiger partial charge is 0.374 e. The Bertz CT molecular complexity index is 352. The summed E-state index contributed by atoms with van der Waals surface area (Å²) in [7, 11) is 0. The fourth-order valence-corrected chi connectivity index (χ4v) is 1.67. The van der Waals surface area contributed by atoms with Crippen molar-refractivity contribution in [2.75, 3.05) is 6.61 Å². The molecule has 0 spiro atoms. The first-order chi connectivity index (χ1) is 7.29. The molecule has 2 nitrogen and oxygen atoms in total. The van der Waals surface area contributed by atoms with E-state index in [1.165, 1.54) is 16.7 Å². The average Bonchev–Trinajstić information content (AvgIpc) is 2.13. The highest BCUT2D eigenvalue weighted by Gasteiger charge is 2.15. The van der Waals surface area contributed by atoms with Gasteiger partial charge in [-0.3, -0.25) is 0 Å². The molecular weight excluding hydrogens is 198 g/mol. The highest BCUT2D eigenvalue weighted by Crippen LogP contribution is 2.19. The number of benzene rings is 1. The van der Waals surface area contributed by atoms with E-state index in [1.807, 2.05) is 20.8 Å². The minimum absolute atomic E-state index is 0.0418. The Kier molecular flexibility index (Phi) is 4.11. The molecule has 0 aliphatic heterocycles. The van der Waals surface area contributed by atoms with Crippen molar-refractivity contribution < 1.29 is 4.74 Å². The summed E-state index contributed by atoms with van der Waals surface area (Å²) in [6.45, 7) is 10.9. The van der Waals surface area contributed by atoms with Crippen LogP contribution in [0.1, 0.15) is 43.5 Å². The molecule has 1 aromatic carbocycles. The summed E-state index contributed by atoms with van der Waals surface area (Å²) in [6.07, 6.45) is 0. The molecule has 0 aromatic heterocycles. The highest BCUT2D eigenvalue weighted by molar-refractivity contribution is 5.32. The maximum atomic E-state index is 6.13. The van der Waals surface area contributed by atoms with Crippen molar-refractivity contribution in [3.8, 4) is 0 Å². The second kappa shape index (κ2) is 4.98. The van der Waals surface area contributed by atoms with E-state index in [9.17, 15) is 0 Å². The number of aryl methyl sites for hydroxylation is 2. The summed E-state index contributed by atoms with van der Waals surface area (Å²) in [5.74, 6) is 0. The van der Waals surface area contributed by atoms with Gasteiger partial charge >= 0.3 is 0 Å². The third-order valence-electron chi connectivity index (χ3n) is 2.52. The zero-order chi connectivity index (χ0) is 12.3. The molecule has 0 heterocycles. The Balaban J connectivity index is 2.70. The molecule has 0 radical (unpaired) electrons. The summed E-state index contributed by atoms with van der Waals surface area (Å²) in [5, 5.41) is 0. The maximum absolute atomic E-state index is 6.13. The van der Waals surface area contributed by atoms with Crippen LogP contribution in [0.2, 0.25) is 0 Å². The van der Waals surface area contributed by atoms with Crippen molar-refractivity contribution in [3.05, 3.63) is 34.9 Å². The monoisotopic (exact) mass is 221 g/mol. The summed E-state index contributed by atoms with van der Waals surface area (Å²) < 4.78 is 5.71. The van der Waals surface area contributed by atoms with E-state index in [1.54, 1.807) is 0 Å². The molecule has 2 N–H and O–H groups in total. The van der Waals surface area contributed by atoms with Crippen LogP contribution >= 0.6 is 0 Å². The van der Waals surface area contributed by atoms with Gasteiger partial charge in [0.25, 0.3) is 0 Å². The minimum Gasteiger partial charge on any atom is -0.374 e. The van der Waals surface area contributed by atoms with E-state index in [-0.39, 0.29) is 11.6 Å². The standard InChI is InChI=1S/C14H23NO/c1-10-6-7-12(11(2)8-10)13(15)9-16-14(3,4)5/h6-8,13H,9,15H2,1-5H3. The molecule has 0 fully saturated rings. The van der Waals surface area contributed by atoms with Crippen LogP contribution in [0.3, 0.4) is 0 Å². The predicted molar refractivity (Wildman–Crippen MR) is 68.5 cm³/mol. The predicted octanol–water partition coefficient (Wildman–Crippen LogP) is 3.12. The van der Waals surface area contributed by atoms with Gasteiger partial charge in [-0.25, -0.2) is 0 Å². The van der Waals surface area contributed by atoms with Gasteiger partial charge in [-0.15, -0.1) is 0 Å². The highest BCUT2D eigenvalue weighted by atomic mass is 16.5. The lowest BCUT2D eigenvalue weighted by atomic mass is 10.00. The average molecular weight is 221 g/mol. The molecule has 90 valence electrons. The normalized spacial score (nSPS) is 13.9. The van der Waals surface area contributed by atoms with Gasteiger partial charge in [-0.05, 0) is 45.7 Å². The van der Waals surface area contributed by atoms with Crippen molar-refractivity contribution >= 4 is 0 Å². The first-order valence-corrected chi connectivity index (χ1v) is 5.76. The van der Waals surface area contributed by atoms with Crippen molar-refractivity contribution in [3.63, 3.8) is 0 Å². The zero-order valence-corrected chi connectivity index (χ0v) is 11.0. The second-order valence-electron chi connectivity index (χ2n) is 5.39. The molecule has 1 aromatic rings. The molecule has 16 heavy (non-hydrogen) atoms. The molecule has 2 heteroatoms. The van der Waals surface area contributed by atoms with Crippen LogP contribution in [-0.2, 0) is 4.74 Å². The Morgan fingerprint density at radius 2 is 1.88 bits per heavy atom. The first kappa shape index (κ1) is 13.2. The Labute approximate surface area is 98.8 Å².